The Morgan fingerprint density at radius 1 is 1.00 bits per heavy atom. The number of methoxy groups -OCH3 is 1. The zero-order valence-corrected chi connectivity index (χ0v) is 16.8. The van der Waals surface area contributed by atoms with Gasteiger partial charge in [-0.3, -0.25) is 0 Å². The fraction of sp³-hybridized carbons (Fsp3) is 0.182. The second kappa shape index (κ2) is 7.42. The van der Waals surface area contributed by atoms with Crippen molar-refractivity contribution in [3.05, 3.63) is 71.8 Å². The van der Waals surface area contributed by atoms with Gasteiger partial charge in [0, 0.05) is 6.26 Å². The largest absolute Gasteiger partial charge is 0.497 e. The Morgan fingerprint density at radius 3 is 2.34 bits per heavy atom. The average Bonchev–Trinajstić information content (AvgIpc) is 3.19. The molecule has 0 spiro atoms. The minimum atomic E-state index is -3.30. The van der Waals surface area contributed by atoms with Crippen molar-refractivity contribution >= 4 is 9.84 Å². The first-order valence-electron chi connectivity index (χ1n) is 8.93. The average molecular weight is 412 g/mol. The SMILES string of the molecule is COc1cccc(C(O)c2cc3c(cc2-c2ccc(S(C)(=O)=O)cc2)OCO3)c1. The van der Waals surface area contributed by atoms with E-state index in [1.165, 1.54) is 6.26 Å². The third-order valence-corrected chi connectivity index (χ3v) is 5.97. The van der Waals surface area contributed by atoms with Gasteiger partial charge in [0.25, 0.3) is 0 Å². The Bertz CT molecular complexity index is 1150. The van der Waals surface area contributed by atoms with E-state index < -0.39 is 15.9 Å². The maximum Gasteiger partial charge on any atom is 0.231 e. The van der Waals surface area contributed by atoms with Gasteiger partial charge in [0.1, 0.15) is 11.9 Å². The molecule has 0 fully saturated rings. The molecule has 7 heteroatoms. The van der Waals surface area contributed by atoms with Gasteiger partial charge >= 0.3 is 0 Å². The molecule has 29 heavy (non-hydrogen) atoms. The highest BCUT2D eigenvalue weighted by Crippen LogP contribution is 2.42. The number of sulfone groups is 1. The van der Waals surface area contributed by atoms with Crippen molar-refractivity contribution in [2.45, 2.75) is 11.0 Å². The van der Waals surface area contributed by atoms with Crippen molar-refractivity contribution in [3.63, 3.8) is 0 Å². The lowest BCUT2D eigenvalue weighted by Crippen LogP contribution is -2.03. The van der Waals surface area contributed by atoms with Gasteiger partial charge in [0.15, 0.2) is 21.3 Å². The molecular weight excluding hydrogens is 392 g/mol. The summed E-state index contributed by atoms with van der Waals surface area (Å²) < 4.78 is 39.8. The van der Waals surface area contributed by atoms with Crippen molar-refractivity contribution in [1.29, 1.82) is 0 Å². The van der Waals surface area contributed by atoms with Gasteiger partial charge < -0.3 is 19.3 Å². The number of aliphatic hydroxyl groups is 1. The van der Waals surface area contributed by atoms with Crippen LogP contribution in [0.1, 0.15) is 17.2 Å². The lowest BCUT2D eigenvalue weighted by molar-refractivity contribution is 0.173. The van der Waals surface area contributed by atoms with E-state index in [2.05, 4.69) is 0 Å². The molecule has 1 heterocycles. The molecule has 0 saturated carbocycles. The van der Waals surface area contributed by atoms with E-state index in [0.717, 1.165) is 11.1 Å². The van der Waals surface area contributed by atoms with Crippen LogP contribution in [0.25, 0.3) is 11.1 Å². The second-order valence-electron chi connectivity index (χ2n) is 6.77. The standard InChI is InChI=1S/C22H20O6S/c1-26-16-5-3-4-15(10-16)22(23)19-12-21-20(27-13-28-21)11-18(19)14-6-8-17(9-7-14)29(2,24)25/h3-12,22-23H,13H2,1-2H3. The molecule has 3 aromatic rings. The summed E-state index contributed by atoms with van der Waals surface area (Å²) in [6, 6.07) is 17.3. The summed E-state index contributed by atoms with van der Waals surface area (Å²) in [5, 5.41) is 11.1. The Balaban J connectivity index is 1.83. The van der Waals surface area contributed by atoms with Crippen LogP contribution in [0.4, 0.5) is 0 Å². The number of rotatable bonds is 5. The van der Waals surface area contributed by atoms with Crippen molar-refractivity contribution in [2.75, 3.05) is 20.2 Å². The van der Waals surface area contributed by atoms with Gasteiger partial charge in [-0.1, -0.05) is 24.3 Å². The Hall–Kier alpha value is -3.03. The second-order valence-corrected chi connectivity index (χ2v) is 8.78. The van der Waals surface area contributed by atoms with Gasteiger partial charge in [-0.2, -0.15) is 0 Å². The topological polar surface area (TPSA) is 82.1 Å². The molecule has 150 valence electrons. The quantitative estimate of drug-likeness (QED) is 0.690. The first-order valence-corrected chi connectivity index (χ1v) is 10.8. The van der Waals surface area contributed by atoms with Gasteiger partial charge in [-0.25, -0.2) is 8.42 Å². The van der Waals surface area contributed by atoms with E-state index >= 15 is 0 Å². The highest BCUT2D eigenvalue weighted by atomic mass is 32.2. The molecule has 1 aliphatic heterocycles. The maximum absolute atomic E-state index is 11.8. The summed E-state index contributed by atoms with van der Waals surface area (Å²) >= 11 is 0. The van der Waals surface area contributed by atoms with Gasteiger partial charge in [-0.15, -0.1) is 0 Å². The molecule has 0 radical (unpaired) electrons. The van der Waals surface area contributed by atoms with E-state index in [9.17, 15) is 13.5 Å². The summed E-state index contributed by atoms with van der Waals surface area (Å²) in [5.74, 6) is 1.77. The van der Waals surface area contributed by atoms with Crippen LogP contribution >= 0.6 is 0 Å². The highest BCUT2D eigenvalue weighted by molar-refractivity contribution is 7.90. The summed E-state index contributed by atoms with van der Waals surface area (Å²) in [6.07, 6.45) is 0.227. The number of fused-ring (bicyclic) bond motifs is 1. The molecule has 3 aromatic carbocycles. The zero-order chi connectivity index (χ0) is 20.6. The Morgan fingerprint density at radius 2 is 1.69 bits per heavy atom. The lowest BCUT2D eigenvalue weighted by Gasteiger charge is -2.18. The van der Waals surface area contributed by atoms with Crippen LogP contribution in [0.5, 0.6) is 17.2 Å². The molecule has 0 aromatic heterocycles. The third kappa shape index (κ3) is 3.79. The molecule has 6 nitrogen and oxygen atoms in total. The highest BCUT2D eigenvalue weighted by Gasteiger charge is 2.23. The van der Waals surface area contributed by atoms with Gasteiger partial charge in [-0.05, 0) is 58.7 Å². The fourth-order valence-corrected chi connectivity index (χ4v) is 3.94. The van der Waals surface area contributed by atoms with Crippen LogP contribution in [0.2, 0.25) is 0 Å². The smallest absolute Gasteiger partial charge is 0.231 e. The van der Waals surface area contributed by atoms with Crippen molar-refractivity contribution < 1.29 is 27.7 Å². The summed E-state index contributed by atoms with van der Waals surface area (Å²) in [5.41, 5.74) is 2.77. The van der Waals surface area contributed by atoms with Crippen molar-refractivity contribution in [1.82, 2.24) is 0 Å². The molecule has 1 unspecified atom stereocenters. The molecule has 1 N–H and O–H groups in total. The lowest BCUT2D eigenvalue weighted by atomic mass is 9.92. The molecule has 1 aliphatic rings. The van der Waals surface area contributed by atoms with Crippen LogP contribution in [-0.4, -0.2) is 33.7 Å². The van der Waals surface area contributed by atoms with E-state index in [1.54, 1.807) is 55.6 Å². The van der Waals surface area contributed by atoms with E-state index in [-0.39, 0.29) is 11.7 Å². The number of aliphatic hydroxyl groups excluding tert-OH is 1. The summed E-state index contributed by atoms with van der Waals surface area (Å²) in [7, 11) is -1.73. The molecule has 0 saturated heterocycles. The van der Waals surface area contributed by atoms with Crippen LogP contribution < -0.4 is 14.2 Å². The van der Waals surface area contributed by atoms with Crippen LogP contribution in [0, 0.1) is 0 Å². The van der Waals surface area contributed by atoms with Gasteiger partial charge in [0.05, 0.1) is 12.0 Å². The number of hydrogen-bond acceptors (Lipinski definition) is 6. The van der Waals surface area contributed by atoms with E-state index in [4.69, 9.17) is 14.2 Å². The predicted octanol–water partition coefficient (Wildman–Crippen LogP) is 3.58. The molecule has 0 aliphatic carbocycles. The molecular formula is C22H20O6S. The zero-order valence-electron chi connectivity index (χ0n) is 16.0. The van der Waals surface area contributed by atoms with Crippen molar-refractivity contribution in [3.8, 4) is 28.4 Å². The summed E-state index contributed by atoms with van der Waals surface area (Å²) in [4.78, 5) is 0.233. The van der Waals surface area contributed by atoms with E-state index in [1.807, 2.05) is 12.1 Å². The summed E-state index contributed by atoms with van der Waals surface area (Å²) in [6.45, 7) is 0.112. The minimum Gasteiger partial charge on any atom is -0.497 e. The Kier molecular flexibility index (Phi) is 4.94. The normalized spacial score (nSPS) is 13.9. The van der Waals surface area contributed by atoms with E-state index in [0.29, 0.717) is 28.4 Å². The molecule has 0 bridgehead atoms. The molecule has 4 rings (SSSR count). The predicted molar refractivity (Wildman–Crippen MR) is 108 cm³/mol. The first kappa shape index (κ1) is 19.3. The van der Waals surface area contributed by atoms with Crippen molar-refractivity contribution in [2.24, 2.45) is 0 Å². The first-order chi connectivity index (χ1) is 13.9. The third-order valence-electron chi connectivity index (χ3n) is 4.84. The molecule has 1 atom stereocenters. The minimum absolute atomic E-state index is 0.112. The molecule has 0 amide bonds. The van der Waals surface area contributed by atoms with Crippen LogP contribution in [-0.2, 0) is 9.84 Å². The number of benzene rings is 3. The maximum atomic E-state index is 11.8. The number of hydrogen-bond donors (Lipinski definition) is 1. The van der Waals surface area contributed by atoms with Crippen LogP contribution in [0.15, 0.2) is 65.6 Å². The van der Waals surface area contributed by atoms with Gasteiger partial charge in [0.2, 0.25) is 6.79 Å². The fourth-order valence-electron chi connectivity index (χ4n) is 3.31. The van der Waals surface area contributed by atoms with Crippen LogP contribution in [0.3, 0.4) is 0 Å². The monoisotopic (exact) mass is 412 g/mol. The Labute approximate surface area is 169 Å². The number of ether oxygens (including phenoxy) is 3.